The van der Waals surface area contributed by atoms with Crippen LogP contribution in [0.1, 0.15) is 36.5 Å². The van der Waals surface area contributed by atoms with Gasteiger partial charge in [0.2, 0.25) is 0 Å². The van der Waals surface area contributed by atoms with Gasteiger partial charge in [-0.2, -0.15) is 0 Å². The smallest absolute Gasteiger partial charge is 0.255 e. The molecule has 18 heavy (non-hydrogen) atoms. The van der Waals surface area contributed by atoms with Crippen LogP contribution in [0.25, 0.3) is 0 Å². The van der Waals surface area contributed by atoms with Crippen LogP contribution in [-0.2, 0) is 0 Å². The average molecular weight is 268 g/mol. The van der Waals surface area contributed by atoms with Crippen LogP contribution >= 0.6 is 11.6 Å². The Hall–Kier alpha value is -1.06. The first-order chi connectivity index (χ1) is 8.61. The lowest BCUT2D eigenvalue weighted by molar-refractivity contribution is 0.0281. The molecule has 1 saturated heterocycles. The molecule has 1 amide bonds. The number of hydrogen-bond donors (Lipinski definition) is 1. The molecule has 2 atom stereocenters. The van der Waals surface area contributed by atoms with Crippen LogP contribution in [0.2, 0.25) is 5.02 Å². The third-order valence-electron chi connectivity index (χ3n) is 3.47. The minimum absolute atomic E-state index is 0.0776. The SMILES string of the molecule is CC(O)C1CCCCN1C(=O)c1ccccc1Cl. The van der Waals surface area contributed by atoms with E-state index < -0.39 is 6.10 Å². The number of amides is 1. The third kappa shape index (κ3) is 2.68. The average Bonchev–Trinajstić information content (AvgIpc) is 2.38. The van der Waals surface area contributed by atoms with Crippen LogP contribution in [0.5, 0.6) is 0 Å². The Kier molecular flexibility index (Phi) is 4.25. The molecule has 4 heteroatoms. The molecule has 0 radical (unpaired) electrons. The van der Waals surface area contributed by atoms with E-state index in [1.54, 1.807) is 30.0 Å². The highest BCUT2D eigenvalue weighted by Crippen LogP contribution is 2.24. The largest absolute Gasteiger partial charge is 0.391 e. The molecule has 1 N–H and O–H groups in total. The fraction of sp³-hybridized carbons (Fsp3) is 0.500. The lowest BCUT2D eigenvalue weighted by Crippen LogP contribution is -2.49. The van der Waals surface area contributed by atoms with Crippen LogP contribution in [0.15, 0.2) is 24.3 Å². The summed E-state index contributed by atoms with van der Waals surface area (Å²) in [6.45, 7) is 2.43. The van der Waals surface area contributed by atoms with Crippen molar-refractivity contribution < 1.29 is 9.90 Å². The van der Waals surface area contributed by atoms with Crippen molar-refractivity contribution >= 4 is 17.5 Å². The number of aliphatic hydroxyl groups is 1. The highest BCUT2D eigenvalue weighted by Gasteiger charge is 2.31. The minimum atomic E-state index is -0.503. The maximum absolute atomic E-state index is 12.5. The standard InChI is InChI=1S/C14H18ClNO2/c1-10(17)13-8-4-5-9-16(13)14(18)11-6-2-3-7-12(11)15/h2-3,6-7,10,13,17H,4-5,8-9H2,1H3. The van der Waals surface area contributed by atoms with Gasteiger partial charge in [0.25, 0.3) is 5.91 Å². The van der Waals surface area contributed by atoms with Gasteiger partial charge in [-0.25, -0.2) is 0 Å². The topological polar surface area (TPSA) is 40.5 Å². The molecule has 0 saturated carbocycles. The van der Waals surface area contributed by atoms with Crippen molar-refractivity contribution in [2.75, 3.05) is 6.54 Å². The van der Waals surface area contributed by atoms with Gasteiger partial charge in [0.1, 0.15) is 0 Å². The van der Waals surface area contributed by atoms with E-state index in [0.29, 0.717) is 17.1 Å². The molecular formula is C14H18ClNO2. The van der Waals surface area contributed by atoms with Crippen LogP contribution < -0.4 is 0 Å². The monoisotopic (exact) mass is 267 g/mol. The number of aliphatic hydroxyl groups excluding tert-OH is 1. The van der Waals surface area contributed by atoms with Crippen molar-refractivity contribution in [3.63, 3.8) is 0 Å². The fourth-order valence-electron chi connectivity index (χ4n) is 2.50. The molecule has 0 aromatic heterocycles. The summed E-state index contributed by atoms with van der Waals surface area (Å²) in [6, 6.07) is 6.97. The summed E-state index contributed by atoms with van der Waals surface area (Å²) in [5.74, 6) is -0.0776. The number of hydrogen-bond acceptors (Lipinski definition) is 2. The van der Waals surface area contributed by atoms with Gasteiger partial charge in [-0.05, 0) is 38.3 Å². The van der Waals surface area contributed by atoms with Gasteiger partial charge < -0.3 is 10.0 Å². The first kappa shape index (κ1) is 13.4. The number of halogens is 1. The van der Waals surface area contributed by atoms with Crippen LogP contribution in [0.3, 0.4) is 0 Å². The maximum atomic E-state index is 12.5. The Bertz CT molecular complexity index is 434. The summed E-state index contributed by atoms with van der Waals surface area (Å²) in [5, 5.41) is 10.3. The third-order valence-corrected chi connectivity index (χ3v) is 3.80. The number of piperidine rings is 1. The molecule has 1 aromatic carbocycles. The van der Waals surface area contributed by atoms with Gasteiger partial charge in [-0.1, -0.05) is 23.7 Å². The van der Waals surface area contributed by atoms with Crippen molar-refractivity contribution in [2.24, 2.45) is 0 Å². The first-order valence-corrected chi connectivity index (χ1v) is 6.72. The van der Waals surface area contributed by atoms with Crippen LogP contribution in [0.4, 0.5) is 0 Å². The molecule has 1 aromatic rings. The number of nitrogens with zero attached hydrogens (tertiary/aromatic N) is 1. The summed E-state index contributed by atoms with van der Waals surface area (Å²) in [5.41, 5.74) is 0.520. The number of benzene rings is 1. The molecule has 1 aliphatic rings. The summed E-state index contributed by atoms with van der Waals surface area (Å²) in [4.78, 5) is 14.2. The van der Waals surface area contributed by atoms with Crippen LogP contribution in [-0.4, -0.2) is 34.6 Å². The Morgan fingerprint density at radius 1 is 1.44 bits per heavy atom. The van der Waals surface area contributed by atoms with E-state index in [0.717, 1.165) is 19.3 Å². The quantitative estimate of drug-likeness (QED) is 0.895. The summed E-state index contributed by atoms with van der Waals surface area (Å²) >= 11 is 6.06. The molecule has 1 aliphatic heterocycles. The van der Waals surface area contributed by atoms with Gasteiger partial charge in [0, 0.05) is 6.54 Å². The molecule has 0 bridgehead atoms. The first-order valence-electron chi connectivity index (χ1n) is 6.35. The Labute approximate surface area is 112 Å². The second kappa shape index (κ2) is 5.72. The van der Waals surface area contributed by atoms with Crippen molar-refractivity contribution in [1.29, 1.82) is 0 Å². The highest BCUT2D eigenvalue weighted by atomic mass is 35.5. The summed E-state index contributed by atoms with van der Waals surface area (Å²) < 4.78 is 0. The molecule has 1 heterocycles. The fourth-order valence-corrected chi connectivity index (χ4v) is 2.72. The molecular weight excluding hydrogens is 250 g/mol. The van der Waals surface area contributed by atoms with E-state index >= 15 is 0 Å². The molecule has 2 rings (SSSR count). The Morgan fingerprint density at radius 2 is 2.17 bits per heavy atom. The molecule has 2 unspecified atom stereocenters. The Balaban J connectivity index is 2.24. The summed E-state index contributed by atoms with van der Waals surface area (Å²) in [6.07, 6.45) is 2.39. The number of carbonyl (C=O) groups is 1. The number of rotatable bonds is 2. The molecule has 3 nitrogen and oxygen atoms in total. The molecule has 98 valence electrons. The van der Waals surface area contributed by atoms with E-state index in [2.05, 4.69) is 0 Å². The lowest BCUT2D eigenvalue weighted by atomic mass is 9.97. The van der Waals surface area contributed by atoms with E-state index in [1.165, 1.54) is 0 Å². The second-order valence-electron chi connectivity index (χ2n) is 4.78. The van der Waals surface area contributed by atoms with E-state index in [9.17, 15) is 9.90 Å². The minimum Gasteiger partial charge on any atom is -0.391 e. The normalized spacial score (nSPS) is 21.7. The van der Waals surface area contributed by atoms with Crippen molar-refractivity contribution in [1.82, 2.24) is 4.90 Å². The van der Waals surface area contributed by atoms with Gasteiger partial charge in [-0.3, -0.25) is 4.79 Å². The van der Waals surface area contributed by atoms with Crippen molar-refractivity contribution in [2.45, 2.75) is 38.3 Å². The van der Waals surface area contributed by atoms with Crippen molar-refractivity contribution in [3.05, 3.63) is 34.9 Å². The number of carbonyl (C=O) groups excluding carboxylic acids is 1. The van der Waals surface area contributed by atoms with Gasteiger partial charge in [-0.15, -0.1) is 0 Å². The molecule has 0 aliphatic carbocycles. The van der Waals surface area contributed by atoms with Gasteiger partial charge in [0.05, 0.1) is 22.7 Å². The molecule has 0 spiro atoms. The lowest BCUT2D eigenvalue weighted by Gasteiger charge is -2.37. The van der Waals surface area contributed by atoms with E-state index in [4.69, 9.17) is 11.6 Å². The predicted octanol–water partition coefficient (Wildman–Crippen LogP) is 2.72. The number of likely N-dealkylation sites (tertiary alicyclic amines) is 1. The van der Waals surface area contributed by atoms with E-state index in [1.807, 2.05) is 6.07 Å². The maximum Gasteiger partial charge on any atom is 0.255 e. The van der Waals surface area contributed by atoms with Gasteiger partial charge in [0.15, 0.2) is 0 Å². The van der Waals surface area contributed by atoms with Crippen molar-refractivity contribution in [3.8, 4) is 0 Å². The zero-order valence-electron chi connectivity index (χ0n) is 10.5. The summed E-state index contributed by atoms with van der Waals surface area (Å²) in [7, 11) is 0. The van der Waals surface area contributed by atoms with E-state index in [-0.39, 0.29) is 11.9 Å². The second-order valence-corrected chi connectivity index (χ2v) is 5.19. The van der Waals surface area contributed by atoms with Gasteiger partial charge >= 0.3 is 0 Å². The van der Waals surface area contributed by atoms with Crippen LogP contribution in [0, 0.1) is 0 Å². The highest BCUT2D eigenvalue weighted by molar-refractivity contribution is 6.33. The zero-order chi connectivity index (χ0) is 13.1. The Morgan fingerprint density at radius 3 is 2.83 bits per heavy atom. The predicted molar refractivity (Wildman–Crippen MR) is 71.8 cm³/mol. The molecule has 1 fully saturated rings. The zero-order valence-corrected chi connectivity index (χ0v) is 11.2.